The Morgan fingerprint density at radius 1 is 1.10 bits per heavy atom. The SMILES string of the molecule is Cc1cc2nnc(SCc3nnnn3-c3ccc(Cl)cc3C(F)(F)F)n2c(C)n1. The smallest absolute Gasteiger partial charge is 0.258 e. The number of benzene rings is 1. The molecule has 1 aromatic carbocycles. The van der Waals surface area contributed by atoms with E-state index >= 15 is 0 Å². The highest BCUT2D eigenvalue weighted by molar-refractivity contribution is 7.98. The van der Waals surface area contributed by atoms with Gasteiger partial charge in [0.05, 0.1) is 17.0 Å². The van der Waals surface area contributed by atoms with Crippen molar-refractivity contribution in [1.29, 1.82) is 0 Å². The first-order valence-electron chi connectivity index (χ1n) is 8.20. The van der Waals surface area contributed by atoms with E-state index in [2.05, 4.69) is 30.7 Å². The van der Waals surface area contributed by atoms with E-state index in [0.29, 0.717) is 16.6 Å². The van der Waals surface area contributed by atoms with Gasteiger partial charge in [0, 0.05) is 16.8 Å². The van der Waals surface area contributed by atoms with Gasteiger partial charge >= 0.3 is 6.18 Å². The molecule has 0 unspecified atom stereocenters. The van der Waals surface area contributed by atoms with Crippen LogP contribution in [-0.2, 0) is 11.9 Å². The lowest BCUT2D eigenvalue weighted by Crippen LogP contribution is -2.13. The van der Waals surface area contributed by atoms with Gasteiger partial charge < -0.3 is 0 Å². The van der Waals surface area contributed by atoms with Crippen LogP contribution in [0, 0.1) is 13.8 Å². The molecule has 0 fully saturated rings. The van der Waals surface area contributed by atoms with Gasteiger partial charge in [0.15, 0.2) is 16.6 Å². The summed E-state index contributed by atoms with van der Waals surface area (Å²) in [5, 5.41) is 19.9. The first kappa shape index (κ1) is 19.6. The number of halogens is 4. The van der Waals surface area contributed by atoms with Crippen molar-refractivity contribution in [2.24, 2.45) is 0 Å². The van der Waals surface area contributed by atoms with Gasteiger partial charge in [0.2, 0.25) is 0 Å². The highest BCUT2D eigenvalue weighted by Gasteiger charge is 2.35. The van der Waals surface area contributed by atoms with E-state index in [9.17, 15) is 13.2 Å². The van der Waals surface area contributed by atoms with Gasteiger partial charge in [-0.15, -0.1) is 15.3 Å². The van der Waals surface area contributed by atoms with Crippen molar-refractivity contribution in [2.45, 2.75) is 30.9 Å². The van der Waals surface area contributed by atoms with Gasteiger partial charge in [0.1, 0.15) is 5.82 Å². The minimum Gasteiger partial charge on any atom is -0.258 e. The van der Waals surface area contributed by atoms with Crippen LogP contribution in [0.1, 0.15) is 22.9 Å². The van der Waals surface area contributed by atoms with Crippen molar-refractivity contribution in [1.82, 2.24) is 39.8 Å². The maximum atomic E-state index is 13.4. The Labute approximate surface area is 171 Å². The molecule has 0 N–H and O–H groups in total. The van der Waals surface area contributed by atoms with Crippen molar-refractivity contribution in [3.05, 3.63) is 52.2 Å². The summed E-state index contributed by atoms with van der Waals surface area (Å²) in [4.78, 5) is 4.38. The van der Waals surface area contributed by atoms with Gasteiger partial charge in [0.25, 0.3) is 0 Å². The third kappa shape index (κ3) is 3.77. The Bertz CT molecular complexity index is 1200. The number of fused-ring (bicyclic) bond motifs is 1. The zero-order chi connectivity index (χ0) is 20.8. The average molecular weight is 441 g/mol. The molecule has 8 nitrogen and oxygen atoms in total. The van der Waals surface area contributed by atoms with Crippen molar-refractivity contribution in [3.63, 3.8) is 0 Å². The van der Waals surface area contributed by atoms with E-state index in [4.69, 9.17) is 11.6 Å². The summed E-state index contributed by atoms with van der Waals surface area (Å²) in [6.45, 7) is 3.67. The fourth-order valence-electron chi connectivity index (χ4n) is 2.83. The second-order valence-corrected chi connectivity index (χ2v) is 7.45. The third-order valence-electron chi connectivity index (χ3n) is 4.01. The van der Waals surface area contributed by atoms with Gasteiger partial charge in [-0.2, -0.15) is 17.9 Å². The molecule has 3 heterocycles. The zero-order valence-corrected chi connectivity index (χ0v) is 16.6. The van der Waals surface area contributed by atoms with E-state index in [1.54, 1.807) is 10.5 Å². The molecule has 0 bridgehead atoms. The molecule has 4 aromatic rings. The number of rotatable bonds is 4. The van der Waals surface area contributed by atoms with E-state index in [1.807, 2.05) is 13.8 Å². The molecule has 0 aliphatic heterocycles. The summed E-state index contributed by atoms with van der Waals surface area (Å²) in [5.41, 5.74) is 0.313. The van der Waals surface area contributed by atoms with Crippen LogP contribution in [0.15, 0.2) is 29.4 Å². The summed E-state index contributed by atoms with van der Waals surface area (Å²) >= 11 is 6.98. The van der Waals surface area contributed by atoms with E-state index < -0.39 is 11.7 Å². The molecule has 4 rings (SSSR count). The molecule has 0 aliphatic rings. The normalized spacial score (nSPS) is 12.1. The number of nitrogens with zero attached hydrogens (tertiary/aromatic N) is 8. The summed E-state index contributed by atoms with van der Waals surface area (Å²) in [6.07, 6.45) is -4.61. The quantitative estimate of drug-likeness (QED) is 0.447. The Morgan fingerprint density at radius 3 is 2.66 bits per heavy atom. The molecule has 29 heavy (non-hydrogen) atoms. The van der Waals surface area contributed by atoms with Crippen LogP contribution in [-0.4, -0.2) is 39.8 Å². The summed E-state index contributed by atoms with van der Waals surface area (Å²) in [6, 6.07) is 5.23. The Hall–Kier alpha value is -2.73. The summed E-state index contributed by atoms with van der Waals surface area (Å²) in [5.74, 6) is 1.09. The molecule has 0 amide bonds. The number of alkyl halides is 3. The molecule has 13 heteroatoms. The monoisotopic (exact) mass is 440 g/mol. The van der Waals surface area contributed by atoms with Crippen LogP contribution in [0.4, 0.5) is 13.2 Å². The number of hydrogen-bond acceptors (Lipinski definition) is 7. The fraction of sp³-hybridized carbons (Fsp3) is 0.250. The Balaban J connectivity index is 1.67. The first-order valence-corrected chi connectivity index (χ1v) is 9.57. The molecule has 0 aliphatic carbocycles. The zero-order valence-electron chi connectivity index (χ0n) is 15.0. The van der Waals surface area contributed by atoms with Crippen molar-refractivity contribution in [3.8, 4) is 5.69 Å². The lowest BCUT2D eigenvalue weighted by atomic mass is 10.1. The van der Waals surface area contributed by atoms with Crippen molar-refractivity contribution >= 4 is 29.0 Å². The lowest BCUT2D eigenvalue weighted by molar-refractivity contribution is -0.137. The van der Waals surface area contributed by atoms with Crippen LogP contribution in [0.25, 0.3) is 11.3 Å². The minimum atomic E-state index is -4.61. The molecule has 0 spiro atoms. The van der Waals surface area contributed by atoms with E-state index in [1.165, 1.54) is 23.9 Å². The number of thioether (sulfide) groups is 1. The number of tetrazole rings is 1. The Kier molecular flexibility index (Phi) is 4.90. The Morgan fingerprint density at radius 2 is 1.90 bits per heavy atom. The number of hydrogen-bond donors (Lipinski definition) is 0. The number of aromatic nitrogens is 8. The van der Waals surface area contributed by atoms with Crippen molar-refractivity contribution in [2.75, 3.05) is 0 Å². The molecule has 0 saturated carbocycles. The standard InChI is InChI=1S/C16H12ClF3N8S/c1-8-5-13-22-24-15(27(13)9(2)21-8)29-7-14-23-25-26-28(14)12-4-3-10(17)6-11(12)16(18,19)20/h3-6H,7H2,1-2H3. The van der Waals surface area contributed by atoms with Gasteiger partial charge in [-0.1, -0.05) is 23.4 Å². The van der Waals surface area contributed by atoms with Crippen LogP contribution >= 0.6 is 23.4 Å². The predicted molar refractivity (Wildman–Crippen MR) is 99.0 cm³/mol. The van der Waals surface area contributed by atoms with Crippen LogP contribution in [0.3, 0.4) is 0 Å². The molecule has 0 radical (unpaired) electrons. The predicted octanol–water partition coefficient (Wildman–Crippen LogP) is 3.68. The number of aryl methyl sites for hydroxylation is 2. The van der Waals surface area contributed by atoms with Crippen LogP contribution < -0.4 is 0 Å². The second-order valence-electron chi connectivity index (χ2n) is 6.08. The molecular weight excluding hydrogens is 429 g/mol. The summed E-state index contributed by atoms with van der Waals surface area (Å²) < 4.78 is 43.1. The second kappa shape index (κ2) is 7.26. The molecule has 150 valence electrons. The summed E-state index contributed by atoms with van der Waals surface area (Å²) in [7, 11) is 0. The molecule has 0 saturated heterocycles. The maximum absolute atomic E-state index is 13.4. The lowest BCUT2D eigenvalue weighted by Gasteiger charge is -2.13. The average Bonchev–Trinajstić information content (AvgIpc) is 3.25. The van der Waals surface area contributed by atoms with E-state index in [-0.39, 0.29) is 22.3 Å². The highest BCUT2D eigenvalue weighted by atomic mass is 35.5. The molecule has 0 atom stereocenters. The molecular formula is C16H12ClF3N8S. The largest absolute Gasteiger partial charge is 0.418 e. The minimum absolute atomic E-state index is 0.0294. The topological polar surface area (TPSA) is 86.7 Å². The van der Waals surface area contributed by atoms with Gasteiger partial charge in [-0.05, 0) is 42.5 Å². The van der Waals surface area contributed by atoms with Crippen LogP contribution in [0.5, 0.6) is 0 Å². The van der Waals surface area contributed by atoms with Gasteiger partial charge in [-0.25, -0.2) is 4.98 Å². The maximum Gasteiger partial charge on any atom is 0.418 e. The highest BCUT2D eigenvalue weighted by Crippen LogP contribution is 2.36. The van der Waals surface area contributed by atoms with E-state index in [0.717, 1.165) is 16.4 Å². The fourth-order valence-corrected chi connectivity index (χ4v) is 3.89. The van der Waals surface area contributed by atoms with Gasteiger partial charge in [-0.3, -0.25) is 4.40 Å². The van der Waals surface area contributed by atoms with Crippen molar-refractivity contribution < 1.29 is 13.2 Å². The third-order valence-corrected chi connectivity index (χ3v) is 5.17. The van der Waals surface area contributed by atoms with Crippen LogP contribution in [0.2, 0.25) is 5.02 Å². The molecule has 3 aromatic heterocycles. The first-order chi connectivity index (χ1) is 13.7.